The standard InChI is InChI=1S/C12H16BrNO/c1-14-7-6-9(8-14)12(15)10-4-2-3-5-11(10)13/h2-5,9,12,15H,6-8H2,1H3. The van der Waals surface area contributed by atoms with Crippen LogP contribution in [0.3, 0.4) is 0 Å². The van der Waals surface area contributed by atoms with Gasteiger partial charge in [-0.05, 0) is 31.6 Å². The molecule has 1 N–H and O–H groups in total. The van der Waals surface area contributed by atoms with Gasteiger partial charge in [0.05, 0.1) is 6.10 Å². The first kappa shape index (κ1) is 11.1. The molecular weight excluding hydrogens is 254 g/mol. The molecule has 0 spiro atoms. The Bertz CT molecular complexity index is 342. The molecule has 1 heterocycles. The minimum atomic E-state index is -0.342. The first-order valence-corrected chi connectivity index (χ1v) is 6.09. The number of benzene rings is 1. The highest BCUT2D eigenvalue weighted by molar-refractivity contribution is 9.10. The fraction of sp³-hybridized carbons (Fsp3) is 0.500. The van der Waals surface area contributed by atoms with Crippen molar-refractivity contribution in [3.63, 3.8) is 0 Å². The maximum absolute atomic E-state index is 10.3. The first-order chi connectivity index (χ1) is 7.18. The number of nitrogens with zero attached hydrogens (tertiary/aromatic N) is 1. The summed E-state index contributed by atoms with van der Waals surface area (Å²) in [6.45, 7) is 2.08. The molecule has 1 aliphatic rings. The number of aliphatic hydroxyl groups excluding tert-OH is 1. The van der Waals surface area contributed by atoms with Gasteiger partial charge in [0, 0.05) is 16.9 Å². The van der Waals surface area contributed by atoms with Gasteiger partial charge in [-0.3, -0.25) is 0 Å². The topological polar surface area (TPSA) is 23.5 Å². The van der Waals surface area contributed by atoms with Crippen LogP contribution in [-0.2, 0) is 0 Å². The Morgan fingerprint density at radius 2 is 2.20 bits per heavy atom. The molecule has 1 aliphatic heterocycles. The third kappa shape index (κ3) is 2.41. The van der Waals surface area contributed by atoms with E-state index in [-0.39, 0.29) is 6.10 Å². The maximum atomic E-state index is 10.3. The minimum absolute atomic E-state index is 0.342. The molecule has 1 fully saturated rings. The van der Waals surface area contributed by atoms with E-state index < -0.39 is 0 Å². The van der Waals surface area contributed by atoms with Gasteiger partial charge in [-0.25, -0.2) is 0 Å². The van der Waals surface area contributed by atoms with Gasteiger partial charge >= 0.3 is 0 Å². The third-order valence-corrected chi connectivity index (χ3v) is 3.82. The van der Waals surface area contributed by atoms with Crippen LogP contribution in [0.5, 0.6) is 0 Å². The molecule has 2 nitrogen and oxygen atoms in total. The molecule has 0 amide bonds. The second-order valence-electron chi connectivity index (χ2n) is 4.28. The predicted molar refractivity (Wildman–Crippen MR) is 64.7 cm³/mol. The number of likely N-dealkylation sites (tertiary alicyclic amines) is 1. The van der Waals surface area contributed by atoms with Crippen molar-refractivity contribution in [2.75, 3.05) is 20.1 Å². The zero-order valence-electron chi connectivity index (χ0n) is 8.86. The van der Waals surface area contributed by atoms with E-state index in [0.717, 1.165) is 29.5 Å². The van der Waals surface area contributed by atoms with E-state index in [2.05, 4.69) is 27.9 Å². The lowest BCUT2D eigenvalue weighted by Gasteiger charge is -2.19. The van der Waals surface area contributed by atoms with Gasteiger partial charge in [0.15, 0.2) is 0 Å². The number of hydrogen-bond donors (Lipinski definition) is 1. The highest BCUT2D eigenvalue weighted by Crippen LogP contribution is 2.32. The van der Waals surface area contributed by atoms with Crippen molar-refractivity contribution in [1.29, 1.82) is 0 Å². The molecular formula is C12H16BrNO. The molecule has 2 unspecified atom stereocenters. The van der Waals surface area contributed by atoms with E-state index in [9.17, 15) is 5.11 Å². The van der Waals surface area contributed by atoms with Gasteiger partial charge in [-0.2, -0.15) is 0 Å². The van der Waals surface area contributed by atoms with Crippen LogP contribution in [0, 0.1) is 5.92 Å². The van der Waals surface area contributed by atoms with E-state index in [1.54, 1.807) is 0 Å². The largest absolute Gasteiger partial charge is 0.388 e. The van der Waals surface area contributed by atoms with Crippen LogP contribution < -0.4 is 0 Å². The summed E-state index contributed by atoms with van der Waals surface area (Å²) in [6.07, 6.45) is 0.740. The fourth-order valence-corrected chi connectivity index (χ4v) is 2.72. The second kappa shape index (κ2) is 4.64. The molecule has 0 bridgehead atoms. The number of hydrogen-bond acceptors (Lipinski definition) is 2. The summed E-state index contributed by atoms with van der Waals surface area (Å²) in [7, 11) is 2.10. The third-order valence-electron chi connectivity index (χ3n) is 3.10. The van der Waals surface area contributed by atoms with Crippen LogP contribution >= 0.6 is 15.9 Å². The van der Waals surface area contributed by atoms with E-state index in [0.29, 0.717) is 5.92 Å². The number of aliphatic hydroxyl groups is 1. The van der Waals surface area contributed by atoms with E-state index in [1.165, 1.54) is 0 Å². The minimum Gasteiger partial charge on any atom is -0.388 e. The summed E-state index contributed by atoms with van der Waals surface area (Å²) < 4.78 is 1.01. The van der Waals surface area contributed by atoms with Crippen LogP contribution in [0.4, 0.5) is 0 Å². The quantitative estimate of drug-likeness (QED) is 0.892. The second-order valence-corrected chi connectivity index (χ2v) is 5.13. The molecule has 0 aliphatic carbocycles. The molecule has 2 atom stereocenters. The van der Waals surface area contributed by atoms with E-state index in [4.69, 9.17) is 0 Å². The van der Waals surface area contributed by atoms with Crippen LogP contribution in [0.1, 0.15) is 18.1 Å². The Kier molecular flexibility index (Phi) is 3.44. The lowest BCUT2D eigenvalue weighted by Crippen LogP contribution is -2.18. The van der Waals surface area contributed by atoms with Crippen molar-refractivity contribution in [3.8, 4) is 0 Å². The van der Waals surface area contributed by atoms with Crippen LogP contribution in [0.2, 0.25) is 0 Å². The maximum Gasteiger partial charge on any atom is 0.0841 e. The van der Waals surface area contributed by atoms with Crippen LogP contribution in [0.15, 0.2) is 28.7 Å². The summed E-state index contributed by atoms with van der Waals surface area (Å²) >= 11 is 3.49. The Labute approximate surface area is 99.0 Å². The normalized spacial score (nSPS) is 24.3. The van der Waals surface area contributed by atoms with Crippen LogP contribution in [-0.4, -0.2) is 30.1 Å². The lowest BCUT2D eigenvalue weighted by atomic mass is 9.95. The van der Waals surface area contributed by atoms with Crippen molar-refractivity contribution in [3.05, 3.63) is 34.3 Å². The first-order valence-electron chi connectivity index (χ1n) is 5.29. The fourth-order valence-electron chi connectivity index (χ4n) is 2.20. The van der Waals surface area contributed by atoms with Crippen molar-refractivity contribution in [2.45, 2.75) is 12.5 Å². The van der Waals surface area contributed by atoms with E-state index >= 15 is 0 Å². The lowest BCUT2D eigenvalue weighted by molar-refractivity contribution is 0.112. The molecule has 0 aromatic heterocycles. The van der Waals surface area contributed by atoms with Gasteiger partial charge < -0.3 is 10.0 Å². The van der Waals surface area contributed by atoms with Gasteiger partial charge in [0.1, 0.15) is 0 Å². The smallest absolute Gasteiger partial charge is 0.0841 e. The molecule has 0 radical (unpaired) electrons. The van der Waals surface area contributed by atoms with Crippen molar-refractivity contribution in [1.82, 2.24) is 4.90 Å². The monoisotopic (exact) mass is 269 g/mol. The highest BCUT2D eigenvalue weighted by atomic mass is 79.9. The van der Waals surface area contributed by atoms with Gasteiger partial charge in [-0.1, -0.05) is 34.1 Å². The molecule has 82 valence electrons. The van der Waals surface area contributed by atoms with Crippen molar-refractivity contribution < 1.29 is 5.11 Å². The molecule has 1 saturated heterocycles. The average molecular weight is 270 g/mol. The molecule has 2 rings (SSSR count). The summed E-state index contributed by atoms with van der Waals surface area (Å²) in [6, 6.07) is 7.92. The van der Waals surface area contributed by atoms with Crippen LogP contribution in [0.25, 0.3) is 0 Å². The van der Waals surface area contributed by atoms with Crippen molar-refractivity contribution in [2.24, 2.45) is 5.92 Å². The van der Waals surface area contributed by atoms with Gasteiger partial charge in [0.2, 0.25) is 0 Å². The Hall–Kier alpha value is -0.380. The Morgan fingerprint density at radius 3 is 2.80 bits per heavy atom. The summed E-state index contributed by atoms with van der Waals surface area (Å²) in [4.78, 5) is 2.27. The summed E-state index contributed by atoms with van der Waals surface area (Å²) in [5.74, 6) is 0.369. The number of halogens is 1. The SMILES string of the molecule is CN1CCC(C(O)c2ccccc2Br)C1. The molecule has 15 heavy (non-hydrogen) atoms. The summed E-state index contributed by atoms with van der Waals surface area (Å²) in [5, 5.41) is 10.3. The van der Waals surface area contributed by atoms with Gasteiger partial charge in [0.25, 0.3) is 0 Å². The zero-order valence-corrected chi connectivity index (χ0v) is 10.4. The van der Waals surface area contributed by atoms with Gasteiger partial charge in [-0.15, -0.1) is 0 Å². The summed E-state index contributed by atoms with van der Waals surface area (Å²) in [5.41, 5.74) is 1.01. The predicted octanol–water partition coefficient (Wildman–Crippen LogP) is 2.43. The molecule has 1 aromatic rings. The van der Waals surface area contributed by atoms with Crippen molar-refractivity contribution >= 4 is 15.9 Å². The molecule has 1 aromatic carbocycles. The highest BCUT2D eigenvalue weighted by Gasteiger charge is 2.28. The Balaban J connectivity index is 2.14. The Morgan fingerprint density at radius 1 is 1.47 bits per heavy atom. The average Bonchev–Trinajstić information content (AvgIpc) is 2.65. The molecule has 3 heteroatoms. The number of rotatable bonds is 2. The zero-order chi connectivity index (χ0) is 10.8. The van der Waals surface area contributed by atoms with E-state index in [1.807, 2.05) is 24.3 Å². The molecule has 0 saturated carbocycles.